The number of ketones is 1. The van der Waals surface area contributed by atoms with Crippen LogP contribution in [0.5, 0.6) is 0 Å². The van der Waals surface area contributed by atoms with Crippen LogP contribution in [0.2, 0.25) is 0 Å². The minimum absolute atomic E-state index is 0.0837. The second-order valence-electron chi connectivity index (χ2n) is 7.27. The lowest BCUT2D eigenvalue weighted by Gasteiger charge is -2.26. The molecule has 0 radical (unpaired) electrons. The molecule has 164 valence electrons. The lowest BCUT2D eigenvalue weighted by Crippen LogP contribution is -2.30. The van der Waals surface area contributed by atoms with E-state index in [0.29, 0.717) is 11.3 Å². The molecule has 0 aliphatic carbocycles. The molecular weight excluding hydrogens is 535 g/mol. The van der Waals surface area contributed by atoms with Gasteiger partial charge in [0.2, 0.25) is 0 Å². The number of carbonyl (C=O) groups is 2. The maximum absolute atomic E-state index is 13.2. The molecule has 0 saturated carbocycles. The van der Waals surface area contributed by atoms with Crippen molar-refractivity contribution in [3.8, 4) is 0 Å². The lowest BCUT2D eigenvalue weighted by atomic mass is 9.95. The number of allylic oxidation sites excluding steroid dienone is 1. The number of non-ortho nitro benzene ring substituents is 1. The highest BCUT2D eigenvalue weighted by Gasteiger charge is 2.43. The summed E-state index contributed by atoms with van der Waals surface area (Å²) < 4.78 is 0.953. The molecule has 1 aliphatic rings. The van der Waals surface area contributed by atoms with Gasteiger partial charge in [0.05, 0.1) is 16.5 Å². The van der Waals surface area contributed by atoms with Gasteiger partial charge in [-0.3, -0.25) is 24.6 Å². The molecule has 0 spiro atoms. The molecule has 8 heteroatoms. The van der Waals surface area contributed by atoms with Crippen LogP contribution in [0.15, 0.2) is 96.3 Å². The molecule has 1 atom stereocenters. The Morgan fingerprint density at radius 3 is 2.24 bits per heavy atom. The van der Waals surface area contributed by atoms with E-state index >= 15 is 0 Å². The fraction of sp³-hybridized carbons (Fsp3) is 0.0400. The summed E-state index contributed by atoms with van der Waals surface area (Å²) in [7, 11) is 0. The molecule has 0 bridgehead atoms. The summed E-state index contributed by atoms with van der Waals surface area (Å²) in [6, 6.07) is 20.9. The van der Waals surface area contributed by atoms with Gasteiger partial charge in [-0.1, -0.05) is 36.4 Å². The van der Waals surface area contributed by atoms with Gasteiger partial charge in [-0.2, -0.15) is 0 Å². The van der Waals surface area contributed by atoms with Gasteiger partial charge in [-0.05, 0) is 76.2 Å². The van der Waals surface area contributed by atoms with Crippen molar-refractivity contribution in [2.75, 3.05) is 4.90 Å². The van der Waals surface area contributed by atoms with Crippen LogP contribution in [0.25, 0.3) is 6.08 Å². The Balaban J connectivity index is 1.79. The van der Waals surface area contributed by atoms with Crippen molar-refractivity contribution in [2.45, 2.75) is 6.04 Å². The molecule has 0 aromatic heterocycles. The number of benzene rings is 3. The van der Waals surface area contributed by atoms with Crippen molar-refractivity contribution in [2.24, 2.45) is 0 Å². The van der Waals surface area contributed by atoms with Gasteiger partial charge in [0.15, 0.2) is 11.5 Å². The monoisotopic (exact) mass is 552 g/mol. The van der Waals surface area contributed by atoms with Crippen molar-refractivity contribution < 1.29 is 19.6 Å². The topological polar surface area (TPSA) is 101 Å². The molecule has 3 aromatic rings. The SMILES string of the molecule is O=C(/C=C/c1ccccc1)C1=C(O)C(=O)N(c2ccc(I)cc2)[C@@H]1c1ccc([N+](=O)[O-])cc1. The van der Waals surface area contributed by atoms with E-state index in [9.17, 15) is 24.8 Å². The van der Waals surface area contributed by atoms with E-state index in [0.717, 1.165) is 9.13 Å². The van der Waals surface area contributed by atoms with E-state index in [1.807, 2.05) is 42.5 Å². The number of hydrogen-bond acceptors (Lipinski definition) is 5. The highest BCUT2D eigenvalue weighted by atomic mass is 127. The Kier molecular flexibility index (Phi) is 6.36. The molecular formula is C25H17IN2O5. The summed E-state index contributed by atoms with van der Waals surface area (Å²) in [5.74, 6) is -1.88. The normalized spacial score (nSPS) is 16.0. The Labute approximate surface area is 203 Å². The Bertz CT molecular complexity index is 1280. The zero-order valence-corrected chi connectivity index (χ0v) is 19.2. The fourth-order valence-electron chi connectivity index (χ4n) is 3.64. The Morgan fingerprint density at radius 1 is 1.00 bits per heavy atom. The number of hydrogen-bond donors (Lipinski definition) is 1. The minimum Gasteiger partial charge on any atom is -0.503 e. The van der Waals surface area contributed by atoms with E-state index in [2.05, 4.69) is 22.6 Å². The molecule has 1 aliphatic heterocycles. The third kappa shape index (κ3) is 4.56. The average molecular weight is 552 g/mol. The number of halogens is 1. The van der Waals surface area contributed by atoms with Crippen LogP contribution in [0.3, 0.4) is 0 Å². The predicted molar refractivity (Wildman–Crippen MR) is 133 cm³/mol. The van der Waals surface area contributed by atoms with Gasteiger partial charge in [-0.25, -0.2) is 0 Å². The molecule has 33 heavy (non-hydrogen) atoms. The number of nitro groups is 1. The van der Waals surface area contributed by atoms with Crippen LogP contribution >= 0.6 is 22.6 Å². The largest absolute Gasteiger partial charge is 0.503 e. The number of aliphatic hydroxyl groups is 1. The van der Waals surface area contributed by atoms with Crippen LogP contribution in [0, 0.1) is 13.7 Å². The quantitative estimate of drug-likeness (QED) is 0.192. The number of anilines is 1. The minimum atomic E-state index is -0.939. The first-order chi connectivity index (χ1) is 15.9. The molecule has 7 nitrogen and oxygen atoms in total. The first-order valence-corrected chi connectivity index (χ1v) is 11.0. The number of rotatable bonds is 6. The third-order valence-electron chi connectivity index (χ3n) is 5.22. The third-order valence-corrected chi connectivity index (χ3v) is 5.94. The van der Waals surface area contributed by atoms with E-state index < -0.39 is 28.4 Å². The number of amides is 1. The highest BCUT2D eigenvalue weighted by molar-refractivity contribution is 14.1. The van der Waals surface area contributed by atoms with Crippen LogP contribution < -0.4 is 4.90 Å². The predicted octanol–water partition coefficient (Wildman–Crippen LogP) is 5.38. The van der Waals surface area contributed by atoms with Gasteiger partial charge < -0.3 is 5.11 Å². The van der Waals surface area contributed by atoms with E-state index in [1.54, 1.807) is 18.2 Å². The summed E-state index contributed by atoms with van der Waals surface area (Å²) in [5.41, 5.74) is 1.54. The van der Waals surface area contributed by atoms with E-state index in [4.69, 9.17) is 0 Å². The molecule has 4 rings (SSSR count). The molecule has 0 unspecified atom stereocenters. The Morgan fingerprint density at radius 2 is 1.64 bits per heavy atom. The van der Waals surface area contributed by atoms with Gasteiger partial charge >= 0.3 is 0 Å². The first kappa shape index (κ1) is 22.4. The lowest BCUT2D eigenvalue weighted by molar-refractivity contribution is -0.384. The van der Waals surface area contributed by atoms with Crippen molar-refractivity contribution in [1.29, 1.82) is 0 Å². The summed E-state index contributed by atoms with van der Waals surface area (Å²) in [5, 5.41) is 21.8. The second kappa shape index (κ2) is 9.37. The van der Waals surface area contributed by atoms with Crippen molar-refractivity contribution >= 4 is 51.7 Å². The van der Waals surface area contributed by atoms with Gasteiger partial charge in [0, 0.05) is 21.4 Å². The summed E-state index contributed by atoms with van der Waals surface area (Å²) in [4.78, 5) is 38.1. The fourth-order valence-corrected chi connectivity index (χ4v) is 4.00. The number of carbonyl (C=O) groups excluding carboxylic acids is 2. The smallest absolute Gasteiger partial charge is 0.294 e. The van der Waals surface area contributed by atoms with E-state index in [1.165, 1.54) is 35.2 Å². The molecule has 1 amide bonds. The van der Waals surface area contributed by atoms with Gasteiger partial charge in [-0.15, -0.1) is 0 Å². The molecule has 0 fully saturated rings. The van der Waals surface area contributed by atoms with Gasteiger partial charge in [0.25, 0.3) is 11.6 Å². The van der Waals surface area contributed by atoms with Gasteiger partial charge in [0.1, 0.15) is 0 Å². The first-order valence-electron chi connectivity index (χ1n) is 9.91. The highest BCUT2D eigenvalue weighted by Crippen LogP contribution is 2.41. The van der Waals surface area contributed by atoms with Crippen LogP contribution in [0.1, 0.15) is 17.2 Å². The van der Waals surface area contributed by atoms with E-state index in [-0.39, 0.29) is 11.3 Å². The summed E-state index contributed by atoms with van der Waals surface area (Å²) in [6.45, 7) is 0. The zero-order chi connectivity index (χ0) is 23.5. The molecule has 0 saturated heterocycles. The average Bonchev–Trinajstić information content (AvgIpc) is 3.09. The van der Waals surface area contributed by atoms with Crippen LogP contribution in [0.4, 0.5) is 11.4 Å². The molecule has 1 heterocycles. The standard InChI is InChI=1S/C25H17IN2O5/c26-18-9-13-19(14-10-18)27-23(17-7-11-20(12-8-17)28(32)33)22(24(30)25(27)31)21(29)15-6-16-4-2-1-3-5-16/h1-15,23,30H/b15-6+/t23-/m1/s1. The van der Waals surface area contributed by atoms with Crippen LogP contribution in [-0.2, 0) is 9.59 Å². The number of aliphatic hydroxyl groups excluding tert-OH is 1. The Hall–Kier alpha value is -3.79. The van der Waals surface area contributed by atoms with Crippen molar-refractivity contribution in [3.05, 3.63) is 121 Å². The second-order valence-corrected chi connectivity index (χ2v) is 8.52. The summed E-state index contributed by atoms with van der Waals surface area (Å²) in [6.07, 6.45) is 2.91. The van der Waals surface area contributed by atoms with Crippen molar-refractivity contribution in [3.63, 3.8) is 0 Å². The molecule has 3 aromatic carbocycles. The number of nitrogens with zero attached hydrogens (tertiary/aromatic N) is 2. The maximum Gasteiger partial charge on any atom is 0.294 e. The maximum atomic E-state index is 13.2. The zero-order valence-electron chi connectivity index (χ0n) is 17.1. The molecule has 1 N–H and O–H groups in total. The number of nitro benzene ring substituents is 1. The van der Waals surface area contributed by atoms with Crippen molar-refractivity contribution in [1.82, 2.24) is 0 Å². The van der Waals surface area contributed by atoms with Crippen LogP contribution in [-0.4, -0.2) is 21.7 Å². The summed E-state index contributed by atoms with van der Waals surface area (Å²) >= 11 is 2.14.